The first kappa shape index (κ1) is 22.3. The molecule has 0 aromatic rings. The Balaban J connectivity index is 2.37. The highest BCUT2D eigenvalue weighted by Crippen LogP contribution is 2.32. The van der Waals surface area contributed by atoms with Crippen LogP contribution in [-0.2, 0) is 19.0 Å². The van der Waals surface area contributed by atoms with Gasteiger partial charge in [0.25, 0.3) is 0 Å². The summed E-state index contributed by atoms with van der Waals surface area (Å²) in [5, 5.41) is 0. The van der Waals surface area contributed by atoms with Crippen LogP contribution in [0.15, 0.2) is 12.2 Å². The van der Waals surface area contributed by atoms with Gasteiger partial charge in [-0.15, -0.1) is 0 Å². The van der Waals surface area contributed by atoms with Crippen LogP contribution < -0.4 is 0 Å². The first-order valence-electron chi connectivity index (χ1n) is 9.57. The molecular weight excluding hydrogens is 328 g/mol. The van der Waals surface area contributed by atoms with E-state index in [0.29, 0.717) is 6.42 Å². The van der Waals surface area contributed by atoms with Crippen molar-refractivity contribution in [2.45, 2.75) is 90.6 Å². The van der Waals surface area contributed by atoms with Gasteiger partial charge in [0.05, 0.1) is 12.2 Å². The molecular formula is C22H32O4. The smallest absolute Gasteiger partial charge is 0.302 e. The van der Waals surface area contributed by atoms with Gasteiger partial charge in [-0.1, -0.05) is 50.9 Å². The van der Waals surface area contributed by atoms with Gasteiger partial charge >= 0.3 is 5.97 Å². The predicted octanol–water partition coefficient (Wildman–Crippen LogP) is 4.38. The first-order valence-corrected chi connectivity index (χ1v) is 9.57. The maximum absolute atomic E-state index is 10.6. The normalized spacial score (nSPS) is 20.9. The van der Waals surface area contributed by atoms with Crippen LogP contribution in [0.1, 0.15) is 72.6 Å². The molecule has 1 fully saturated rings. The first-order chi connectivity index (χ1) is 12.4. The predicted molar refractivity (Wildman–Crippen MR) is 103 cm³/mol. The van der Waals surface area contributed by atoms with Crippen molar-refractivity contribution < 1.29 is 19.0 Å². The van der Waals surface area contributed by atoms with Crippen LogP contribution in [0.25, 0.3) is 0 Å². The Morgan fingerprint density at radius 1 is 1.12 bits per heavy atom. The van der Waals surface area contributed by atoms with Crippen molar-refractivity contribution in [1.82, 2.24) is 0 Å². The Labute approximate surface area is 158 Å². The lowest BCUT2D eigenvalue weighted by molar-refractivity contribution is -0.146. The summed E-state index contributed by atoms with van der Waals surface area (Å²) in [5.41, 5.74) is 0. The van der Waals surface area contributed by atoms with Crippen LogP contribution in [0.3, 0.4) is 0 Å². The number of esters is 1. The molecule has 144 valence electrons. The average Bonchev–Trinajstić information content (AvgIpc) is 2.86. The van der Waals surface area contributed by atoms with E-state index in [1.54, 1.807) is 12.2 Å². The van der Waals surface area contributed by atoms with E-state index >= 15 is 0 Å². The van der Waals surface area contributed by atoms with E-state index in [2.05, 4.69) is 30.6 Å². The Kier molecular flexibility index (Phi) is 10.8. The molecule has 0 bridgehead atoms. The van der Waals surface area contributed by atoms with Gasteiger partial charge in [0.2, 0.25) is 0 Å². The Morgan fingerprint density at radius 3 is 2.58 bits per heavy atom. The van der Waals surface area contributed by atoms with Crippen LogP contribution in [0.2, 0.25) is 0 Å². The maximum Gasteiger partial charge on any atom is 0.302 e. The highest BCUT2D eigenvalue weighted by molar-refractivity contribution is 5.66. The second-order valence-electron chi connectivity index (χ2n) is 6.90. The van der Waals surface area contributed by atoms with Gasteiger partial charge in [0.15, 0.2) is 5.79 Å². The van der Waals surface area contributed by atoms with E-state index in [0.717, 1.165) is 6.42 Å². The summed E-state index contributed by atoms with van der Waals surface area (Å²) in [6.07, 6.45) is 11.3. The fourth-order valence-electron chi connectivity index (χ4n) is 2.82. The standard InChI is InChI=1S/C22H32O4/c1-5-6-7-10-13-16-20-21(26-22(3,4)25-20)17-14-11-8-9-12-15-18-24-19(2)23/h12,15,20-21H,5-7,10,13,16-18H2,1-4H3/t20-,21-/m1/s1. The van der Waals surface area contributed by atoms with Gasteiger partial charge in [0, 0.05) is 13.3 Å². The Bertz CT molecular complexity index is 568. The molecule has 2 atom stereocenters. The topological polar surface area (TPSA) is 44.8 Å². The van der Waals surface area contributed by atoms with Gasteiger partial charge in [-0.2, -0.15) is 0 Å². The second-order valence-corrected chi connectivity index (χ2v) is 6.90. The molecule has 4 heteroatoms. The fraction of sp³-hybridized carbons (Fsp3) is 0.682. The molecule has 1 rings (SSSR count). The largest absolute Gasteiger partial charge is 0.462 e. The number of ether oxygens (including phenoxy) is 3. The summed E-state index contributed by atoms with van der Waals surface area (Å²) in [4.78, 5) is 10.6. The summed E-state index contributed by atoms with van der Waals surface area (Å²) in [5.74, 6) is 10.6. The van der Waals surface area contributed by atoms with Crippen molar-refractivity contribution in [3.8, 4) is 23.7 Å². The van der Waals surface area contributed by atoms with Crippen molar-refractivity contribution in [3.05, 3.63) is 12.2 Å². The zero-order valence-electron chi connectivity index (χ0n) is 16.6. The molecule has 0 N–H and O–H groups in total. The summed E-state index contributed by atoms with van der Waals surface area (Å²) >= 11 is 0. The molecule has 0 aliphatic carbocycles. The van der Waals surface area contributed by atoms with E-state index < -0.39 is 5.79 Å². The van der Waals surface area contributed by atoms with Crippen molar-refractivity contribution >= 4 is 5.97 Å². The van der Waals surface area contributed by atoms with Gasteiger partial charge < -0.3 is 14.2 Å². The lowest BCUT2D eigenvalue weighted by Crippen LogP contribution is -2.21. The molecule has 0 aromatic carbocycles. The van der Waals surface area contributed by atoms with Crippen LogP contribution >= 0.6 is 0 Å². The number of hydrogen-bond donors (Lipinski definition) is 0. The summed E-state index contributed by atoms with van der Waals surface area (Å²) in [6.45, 7) is 7.75. The van der Waals surface area contributed by atoms with E-state index in [1.165, 1.54) is 39.0 Å². The van der Waals surface area contributed by atoms with Crippen molar-refractivity contribution in [3.63, 3.8) is 0 Å². The fourth-order valence-corrected chi connectivity index (χ4v) is 2.82. The Hall–Kier alpha value is -1.75. The monoisotopic (exact) mass is 360 g/mol. The van der Waals surface area contributed by atoms with E-state index in [-0.39, 0.29) is 24.8 Å². The van der Waals surface area contributed by atoms with Gasteiger partial charge in [-0.25, -0.2) is 0 Å². The quantitative estimate of drug-likeness (QED) is 0.348. The molecule has 4 nitrogen and oxygen atoms in total. The lowest BCUT2D eigenvalue weighted by atomic mass is 10.0. The molecule has 0 aromatic heterocycles. The number of carbonyl (C=O) groups excluding carboxylic acids is 1. The minimum absolute atomic E-state index is 0.00461. The SMILES string of the molecule is CCCCCCC[C@H]1OC(C)(C)O[C@@H]1CC#CC#CC=CCOC(C)=O. The zero-order valence-corrected chi connectivity index (χ0v) is 16.6. The maximum atomic E-state index is 10.6. The molecule has 1 saturated heterocycles. The van der Waals surface area contributed by atoms with Gasteiger partial charge in [0.1, 0.15) is 6.61 Å². The molecule has 1 aliphatic heterocycles. The van der Waals surface area contributed by atoms with E-state index in [9.17, 15) is 4.79 Å². The number of rotatable bonds is 9. The molecule has 0 amide bonds. The van der Waals surface area contributed by atoms with Gasteiger partial charge in [-0.3, -0.25) is 4.79 Å². The summed E-state index contributed by atoms with van der Waals surface area (Å²) in [6, 6.07) is 0. The summed E-state index contributed by atoms with van der Waals surface area (Å²) in [7, 11) is 0. The average molecular weight is 360 g/mol. The highest BCUT2D eigenvalue weighted by Gasteiger charge is 2.40. The van der Waals surface area contributed by atoms with E-state index in [4.69, 9.17) is 14.2 Å². The number of carbonyl (C=O) groups is 1. The molecule has 0 unspecified atom stereocenters. The molecule has 1 aliphatic rings. The number of unbranched alkanes of at least 4 members (excludes halogenated alkanes) is 4. The van der Waals surface area contributed by atoms with Crippen molar-refractivity contribution in [2.24, 2.45) is 0 Å². The molecule has 1 heterocycles. The third-order valence-electron chi connectivity index (χ3n) is 3.99. The molecule has 26 heavy (non-hydrogen) atoms. The van der Waals surface area contributed by atoms with Crippen LogP contribution in [-0.4, -0.2) is 30.6 Å². The Morgan fingerprint density at radius 2 is 1.85 bits per heavy atom. The molecule has 0 saturated carbocycles. The lowest BCUT2D eigenvalue weighted by Gasteiger charge is -2.16. The highest BCUT2D eigenvalue weighted by atomic mass is 16.7. The van der Waals surface area contributed by atoms with Crippen LogP contribution in [0.4, 0.5) is 0 Å². The zero-order chi connectivity index (χ0) is 19.3. The van der Waals surface area contributed by atoms with E-state index in [1.807, 2.05) is 13.8 Å². The van der Waals surface area contributed by atoms with Gasteiger partial charge in [-0.05, 0) is 44.3 Å². The van der Waals surface area contributed by atoms with Crippen LogP contribution in [0, 0.1) is 23.7 Å². The van der Waals surface area contributed by atoms with Crippen LogP contribution in [0.5, 0.6) is 0 Å². The molecule has 0 radical (unpaired) electrons. The second kappa shape index (κ2) is 12.6. The summed E-state index contributed by atoms with van der Waals surface area (Å²) < 4.78 is 16.8. The number of allylic oxidation sites excluding steroid dienone is 1. The number of hydrogen-bond acceptors (Lipinski definition) is 4. The molecule has 0 spiro atoms. The minimum Gasteiger partial charge on any atom is -0.462 e. The van der Waals surface area contributed by atoms with Crippen molar-refractivity contribution in [1.29, 1.82) is 0 Å². The third-order valence-corrected chi connectivity index (χ3v) is 3.99. The minimum atomic E-state index is -0.536. The van der Waals surface area contributed by atoms with Crippen molar-refractivity contribution in [2.75, 3.05) is 6.61 Å². The third kappa shape index (κ3) is 10.3.